The molecule has 1 heterocycles. The summed E-state index contributed by atoms with van der Waals surface area (Å²) in [6.07, 6.45) is 4.25. The van der Waals surface area contributed by atoms with Gasteiger partial charge in [-0.2, -0.15) is 0 Å². The average Bonchev–Trinajstić information content (AvgIpc) is 2.17. The SMILES string of the molecule is CN(CC(=O)O)CC(=O)c1cnccn1. The molecule has 0 atom stereocenters. The molecule has 0 aromatic carbocycles. The van der Waals surface area contributed by atoms with E-state index in [4.69, 9.17) is 5.11 Å². The largest absolute Gasteiger partial charge is 0.480 e. The van der Waals surface area contributed by atoms with Crippen LogP contribution in [0.3, 0.4) is 0 Å². The van der Waals surface area contributed by atoms with E-state index in [1.54, 1.807) is 7.05 Å². The fraction of sp³-hybridized carbons (Fsp3) is 0.333. The standard InChI is InChI=1S/C9H11N3O3/c1-12(6-9(14)15)5-8(13)7-4-10-2-3-11-7/h2-4H,5-6H2,1H3,(H,14,15). The van der Waals surface area contributed by atoms with E-state index in [1.807, 2.05) is 0 Å². The van der Waals surface area contributed by atoms with Crippen molar-refractivity contribution in [2.45, 2.75) is 0 Å². The molecule has 0 fully saturated rings. The van der Waals surface area contributed by atoms with Crippen LogP contribution < -0.4 is 0 Å². The van der Waals surface area contributed by atoms with Crippen molar-refractivity contribution >= 4 is 11.8 Å². The van der Waals surface area contributed by atoms with Gasteiger partial charge in [-0.1, -0.05) is 0 Å². The van der Waals surface area contributed by atoms with E-state index in [2.05, 4.69) is 9.97 Å². The number of Topliss-reactive ketones (excluding diaryl/α,β-unsaturated/α-hetero) is 1. The predicted molar refractivity (Wildman–Crippen MR) is 51.5 cm³/mol. The molecule has 0 aliphatic heterocycles. The van der Waals surface area contributed by atoms with Gasteiger partial charge in [0.2, 0.25) is 0 Å². The first-order valence-electron chi connectivity index (χ1n) is 4.29. The van der Waals surface area contributed by atoms with Crippen molar-refractivity contribution in [3.63, 3.8) is 0 Å². The van der Waals surface area contributed by atoms with Crippen LogP contribution in [0.15, 0.2) is 18.6 Å². The van der Waals surface area contributed by atoms with Crippen LogP contribution in [0.25, 0.3) is 0 Å². The smallest absolute Gasteiger partial charge is 0.317 e. The fourth-order valence-electron chi connectivity index (χ4n) is 1.06. The summed E-state index contributed by atoms with van der Waals surface area (Å²) < 4.78 is 0. The monoisotopic (exact) mass is 209 g/mol. The van der Waals surface area contributed by atoms with E-state index in [-0.39, 0.29) is 24.6 Å². The Morgan fingerprint density at radius 2 is 2.13 bits per heavy atom. The third-order valence-corrected chi connectivity index (χ3v) is 1.67. The molecule has 0 spiro atoms. The number of carbonyl (C=O) groups excluding carboxylic acids is 1. The van der Waals surface area contributed by atoms with Crippen LogP contribution in [0.1, 0.15) is 10.5 Å². The number of nitrogens with zero attached hydrogens (tertiary/aromatic N) is 3. The van der Waals surface area contributed by atoms with Gasteiger partial charge in [-0.3, -0.25) is 19.5 Å². The maximum Gasteiger partial charge on any atom is 0.317 e. The Labute approximate surface area is 86.6 Å². The van der Waals surface area contributed by atoms with E-state index in [0.717, 1.165) is 0 Å². The van der Waals surface area contributed by atoms with Gasteiger partial charge in [0.15, 0.2) is 5.78 Å². The fourth-order valence-corrected chi connectivity index (χ4v) is 1.06. The summed E-state index contributed by atoms with van der Waals surface area (Å²) in [6, 6.07) is 0. The second kappa shape index (κ2) is 5.16. The molecule has 0 aliphatic carbocycles. The number of carboxylic acids is 1. The number of likely N-dealkylation sites (N-methyl/N-ethyl adjacent to an activating group) is 1. The lowest BCUT2D eigenvalue weighted by Crippen LogP contribution is -2.31. The molecule has 15 heavy (non-hydrogen) atoms. The summed E-state index contributed by atoms with van der Waals surface area (Å²) >= 11 is 0. The minimum atomic E-state index is -0.968. The number of hydrogen-bond acceptors (Lipinski definition) is 5. The van der Waals surface area contributed by atoms with Gasteiger partial charge in [0, 0.05) is 12.4 Å². The molecular weight excluding hydrogens is 198 g/mol. The topological polar surface area (TPSA) is 83.4 Å². The van der Waals surface area contributed by atoms with Crippen molar-refractivity contribution < 1.29 is 14.7 Å². The summed E-state index contributed by atoms with van der Waals surface area (Å²) in [7, 11) is 1.56. The Bertz CT molecular complexity index is 353. The molecule has 6 nitrogen and oxygen atoms in total. The van der Waals surface area contributed by atoms with Crippen LogP contribution in [0, 0.1) is 0 Å². The first-order chi connectivity index (χ1) is 7.09. The van der Waals surface area contributed by atoms with E-state index in [9.17, 15) is 9.59 Å². The Balaban J connectivity index is 2.53. The molecule has 0 amide bonds. The van der Waals surface area contributed by atoms with Crippen LogP contribution >= 0.6 is 0 Å². The van der Waals surface area contributed by atoms with Gasteiger partial charge >= 0.3 is 5.97 Å². The summed E-state index contributed by atoms with van der Waals surface area (Å²) in [4.78, 5) is 30.8. The quantitative estimate of drug-likeness (QED) is 0.669. The first-order valence-corrected chi connectivity index (χ1v) is 4.29. The molecular formula is C9H11N3O3. The molecule has 1 aromatic rings. The lowest BCUT2D eigenvalue weighted by Gasteiger charge is -2.11. The van der Waals surface area contributed by atoms with Gasteiger partial charge in [0.25, 0.3) is 0 Å². The van der Waals surface area contributed by atoms with Crippen LogP contribution in [-0.4, -0.2) is 51.9 Å². The molecule has 1 N–H and O–H groups in total. The highest BCUT2D eigenvalue weighted by Gasteiger charge is 2.12. The highest BCUT2D eigenvalue weighted by atomic mass is 16.4. The predicted octanol–water partition coefficient (Wildman–Crippen LogP) is -0.324. The van der Waals surface area contributed by atoms with E-state index >= 15 is 0 Å². The molecule has 1 rings (SSSR count). The van der Waals surface area contributed by atoms with Gasteiger partial charge < -0.3 is 5.11 Å². The Hall–Kier alpha value is -1.82. The van der Waals surface area contributed by atoms with Crippen molar-refractivity contribution in [1.29, 1.82) is 0 Å². The van der Waals surface area contributed by atoms with Crippen LogP contribution in [0.2, 0.25) is 0 Å². The minimum Gasteiger partial charge on any atom is -0.480 e. The summed E-state index contributed by atoms with van der Waals surface area (Å²) in [5, 5.41) is 8.49. The highest BCUT2D eigenvalue weighted by Crippen LogP contribution is 1.94. The van der Waals surface area contributed by atoms with Crippen molar-refractivity contribution in [1.82, 2.24) is 14.9 Å². The van der Waals surface area contributed by atoms with E-state index in [1.165, 1.54) is 23.5 Å². The summed E-state index contributed by atoms with van der Waals surface area (Å²) in [5.74, 6) is -1.21. The highest BCUT2D eigenvalue weighted by molar-refractivity contribution is 5.95. The number of rotatable bonds is 5. The average molecular weight is 209 g/mol. The van der Waals surface area contributed by atoms with Crippen molar-refractivity contribution in [3.05, 3.63) is 24.3 Å². The lowest BCUT2D eigenvalue weighted by molar-refractivity contribution is -0.137. The zero-order chi connectivity index (χ0) is 11.3. The third-order valence-electron chi connectivity index (χ3n) is 1.67. The zero-order valence-electron chi connectivity index (χ0n) is 8.25. The first kappa shape index (κ1) is 11.3. The van der Waals surface area contributed by atoms with Crippen molar-refractivity contribution in [2.24, 2.45) is 0 Å². The number of ketones is 1. The van der Waals surface area contributed by atoms with Gasteiger partial charge in [0.1, 0.15) is 5.69 Å². The molecule has 0 saturated carbocycles. The number of aromatic nitrogens is 2. The minimum absolute atomic E-state index is 0.0188. The second-order valence-corrected chi connectivity index (χ2v) is 3.08. The van der Waals surface area contributed by atoms with Crippen LogP contribution in [-0.2, 0) is 4.79 Å². The van der Waals surface area contributed by atoms with Crippen LogP contribution in [0.4, 0.5) is 0 Å². The Morgan fingerprint density at radius 3 is 2.67 bits per heavy atom. The zero-order valence-corrected chi connectivity index (χ0v) is 8.25. The molecule has 0 aliphatic rings. The maximum absolute atomic E-state index is 11.5. The second-order valence-electron chi connectivity index (χ2n) is 3.08. The van der Waals surface area contributed by atoms with Gasteiger partial charge in [-0.25, -0.2) is 4.98 Å². The molecule has 80 valence electrons. The molecule has 0 bridgehead atoms. The molecule has 0 unspecified atom stereocenters. The Morgan fingerprint density at radius 1 is 1.40 bits per heavy atom. The third kappa shape index (κ3) is 3.82. The van der Waals surface area contributed by atoms with Gasteiger partial charge in [-0.15, -0.1) is 0 Å². The molecule has 0 radical (unpaired) electrons. The number of hydrogen-bond donors (Lipinski definition) is 1. The summed E-state index contributed by atoms with van der Waals surface area (Å²) in [6.45, 7) is -0.156. The van der Waals surface area contributed by atoms with E-state index in [0.29, 0.717) is 0 Å². The Kier molecular flexibility index (Phi) is 3.87. The number of aliphatic carboxylic acids is 1. The molecule has 1 aromatic heterocycles. The van der Waals surface area contributed by atoms with Gasteiger partial charge in [0.05, 0.1) is 19.3 Å². The summed E-state index contributed by atoms with van der Waals surface area (Å²) in [5.41, 5.74) is 0.245. The van der Waals surface area contributed by atoms with E-state index < -0.39 is 5.97 Å². The molecule has 0 saturated heterocycles. The van der Waals surface area contributed by atoms with Crippen LogP contribution in [0.5, 0.6) is 0 Å². The van der Waals surface area contributed by atoms with Crippen molar-refractivity contribution in [3.8, 4) is 0 Å². The number of carboxylic acid groups (broad SMARTS) is 1. The number of carbonyl (C=O) groups is 2. The maximum atomic E-state index is 11.5. The molecule has 6 heteroatoms. The lowest BCUT2D eigenvalue weighted by atomic mass is 10.3. The van der Waals surface area contributed by atoms with Crippen molar-refractivity contribution in [2.75, 3.05) is 20.1 Å². The van der Waals surface area contributed by atoms with Gasteiger partial charge in [-0.05, 0) is 7.05 Å². The normalized spacial score (nSPS) is 10.3.